The van der Waals surface area contributed by atoms with Gasteiger partial charge in [-0.25, -0.2) is 4.79 Å². The van der Waals surface area contributed by atoms with Crippen molar-refractivity contribution in [3.63, 3.8) is 0 Å². The zero-order valence-corrected chi connectivity index (χ0v) is 12.5. The highest BCUT2D eigenvalue weighted by Gasteiger charge is 2.06. The zero-order chi connectivity index (χ0) is 13.5. The van der Waals surface area contributed by atoms with Gasteiger partial charge in [-0.05, 0) is 30.7 Å². The summed E-state index contributed by atoms with van der Waals surface area (Å²) in [5.41, 5.74) is 1.28. The maximum atomic E-state index is 10.9. The van der Waals surface area contributed by atoms with E-state index in [1.54, 1.807) is 24.5 Å². The van der Waals surface area contributed by atoms with Gasteiger partial charge in [0.25, 0.3) is 0 Å². The summed E-state index contributed by atoms with van der Waals surface area (Å²) in [6.07, 6.45) is 2.56. The summed E-state index contributed by atoms with van der Waals surface area (Å²) in [5, 5.41) is 12.1. The average Bonchev–Trinajstić information content (AvgIpc) is 2.29. The van der Waals surface area contributed by atoms with Crippen LogP contribution in [0.3, 0.4) is 0 Å². The number of rotatable bonds is 7. The van der Waals surface area contributed by atoms with Crippen LogP contribution in [-0.2, 0) is 17.3 Å². The van der Waals surface area contributed by atoms with Gasteiger partial charge in [0.15, 0.2) is 0 Å². The van der Waals surface area contributed by atoms with Crippen molar-refractivity contribution in [2.24, 2.45) is 0 Å². The molecular weight excluding hydrogens is 318 g/mol. The van der Waals surface area contributed by atoms with E-state index in [4.69, 9.17) is 5.11 Å². The third-order valence-corrected chi connectivity index (χ3v) is 4.00. The molecule has 0 bridgehead atoms. The van der Waals surface area contributed by atoms with E-state index >= 15 is 0 Å². The second-order valence-electron chi connectivity index (χ2n) is 3.92. The number of carboxylic acids is 1. The Hall–Kier alpha value is -0.720. The second-order valence-corrected chi connectivity index (χ2v) is 6.33. The number of halogens is 1. The van der Waals surface area contributed by atoms with Crippen molar-refractivity contribution in [3.05, 3.63) is 33.8 Å². The van der Waals surface area contributed by atoms with Crippen LogP contribution in [-0.4, -0.2) is 33.8 Å². The molecule has 0 saturated heterocycles. The fourth-order valence-corrected chi connectivity index (χ4v) is 2.52. The van der Waals surface area contributed by atoms with Crippen molar-refractivity contribution in [2.75, 3.05) is 18.6 Å². The Balaban J connectivity index is 2.43. The van der Waals surface area contributed by atoms with Crippen LogP contribution in [0.4, 0.5) is 0 Å². The molecular formula is C12H16BrNO3S. The van der Waals surface area contributed by atoms with Crippen LogP contribution in [0.5, 0.6) is 0 Å². The molecule has 1 aromatic rings. The largest absolute Gasteiger partial charge is 0.478 e. The zero-order valence-electron chi connectivity index (χ0n) is 10.1. The standard InChI is InChI=1S/C12H16BrNO3S/c1-18(17)6-2-5-14-8-10-4-3-9(12(15)16)7-11(10)13/h3-4,7,14H,2,5-6,8H2,1H3,(H,15,16). The van der Waals surface area contributed by atoms with Gasteiger partial charge in [-0.3, -0.25) is 4.21 Å². The summed E-state index contributed by atoms with van der Waals surface area (Å²) < 4.78 is 11.6. The van der Waals surface area contributed by atoms with Crippen molar-refractivity contribution in [1.29, 1.82) is 0 Å². The molecule has 0 aliphatic rings. The fourth-order valence-electron chi connectivity index (χ4n) is 1.45. The van der Waals surface area contributed by atoms with Crippen LogP contribution in [0.25, 0.3) is 0 Å². The molecule has 0 radical (unpaired) electrons. The molecule has 0 aliphatic heterocycles. The molecule has 0 amide bonds. The first kappa shape index (κ1) is 15.3. The van der Waals surface area contributed by atoms with Crippen LogP contribution in [0.2, 0.25) is 0 Å². The molecule has 0 aliphatic carbocycles. The van der Waals surface area contributed by atoms with Gasteiger partial charge in [0, 0.05) is 33.8 Å². The highest BCUT2D eigenvalue weighted by atomic mass is 79.9. The first-order chi connectivity index (χ1) is 8.50. The Labute approximate surface area is 117 Å². The predicted molar refractivity (Wildman–Crippen MR) is 76.4 cm³/mol. The van der Waals surface area contributed by atoms with Gasteiger partial charge in [0.05, 0.1) is 5.56 Å². The number of benzene rings is 1. The van der Waals surface area contributed by atoms with Crippen molar-refractivity contribution >= 4 is 32.7 Å². The summed E-state index contributed by atoms with van der Waals surface area (Å²) >= 11 is 3.36. The van der Waals surface area contributed by atoms with E-state index in [2.05, 4.69) is 21.2 Å². The minimum Gasteiger partial charge on any atom is -0.478 e. The first-order valence-corrected chi connectivity index (χ1v) is 8.05. The summed E-state index contributed by atoms with van der Waals surface area (Å²) in [6, 6.07) is 4.98. The molecule has 1 atom stereocenters. The maximum absolute atomic E-state index is 10.9. The lowest BCUT2D eigenvalue weighted by Crippen LogP contribution is -2.17. The van der Waals surface area contributed by atoms with Crippen LogP contribution in [0.1, 0.15) is 22.3 Å². The Morgan fingerprint density at radius 3 is 2.78 bits per heavy atom. The van der Waals surface area contributed by atoms with Gasteiger partial charge in [0.2, 0.25) is 0 Å². The molecule has 6 heteroatoms. The number of hydrogen-bond donors (Lipinski definition) is 2. The summed E-state index contributed by atoms with van der Waals surface area (Å²) in [7, 11) is -0.741. The SMILES string of the molecule is CS(=O)CCCNCc1ccc(C(=O)O)cc1Br. The van der Waals surface area contributed by atoms with Crippen LogP contribution in [0.15, 0.2) is 22.7 Å². The molecule has 4 nitrogen and oxygen atoms in total. The van der Waals surface area contributed by atoms with E-state index in [0.717, 1.165) is 23.0 Å². The molecule has 2 N–H and O–H groups in total. The van der Waals surface area contributed by atoms with Gasteiger partial charge in [-0.1, -0.05) is 22.0 Å². The van der Waals surface area contributed by atoms with Gasteiger partial charge in [0.1, 0.15) is 0 Å². The Kier molecular flexibility index (Phi) is 6.52. The van der Waals surface area contributed by atoms with E-state index in [9.17, 15) is 9.00 Å². The molecule has 1 unspecified atom stereocenters. The first-order valence-electron chi connectivity index (χ1n) is 5.53. The van der Waals surface area contributed by atoms with Crippen LogP contribution < -0.4 is 5.32 Å². The molecule has 100 valence electrons. The highest BCUT2D eigenvalue weighted by molar-refractivity contribution is 9.10. The summed E-state index contributed by atoms with van der Waals surface area (Å²) in [5.74, 6) is -0.229. The lowest BCUT2D eigenvalue weighted by molar-refractivity contribution is 0.0697. The molecule has 1 aromatic carbocycles. The Morgan fingerprint density at radius 2 is 2.22 bits per heavy atom. The van der Waals surface area contributed by atoms with E-state index in [1.165, 1.54) is 0 Å². The normalized spacial score (nSPS) is 12.3. The van der Waals surface area contributed by atoms with E-state index < -0.39 is 16.8 Å². The highest BCUT2D eigenvalue weighted by Crippen LogP contribution is 2.18. The molecule has 18 heavy (non-hydrogen) atoms. The topological polar surface area (TPSA) is 66.4 Å². The van der Waals surface area contributed by atoms with Crippen molar-refractivity contribution < 1.29 is 14.1 Å². The lowest BCUT2D eigenvalue weighted by atomic mass is 10.1. The molecule has 0 aromatic heterocycles. The minimum absolute atomic E-state index is 0.270. The van der Waals surface area contributed by atoms with E-state index in [0.29, 0.717) is 12.3 Å². The van der Waals surface area contributed by atoms with Gasteiger partial charge in [-0.2, -0.15) is 0 Å². The predicted octanol–water partition coefficient (Wildman–Crippen LogP) is 2.01. The summed E-state index contributed by atoms with van der Waals surface area (Å²) in [6.45, 7) is 1.46. The summed E-state index contributed by atoms with van der Waals surface area (Å²) in [4.78, 5) is 10.8. The van der Waals surface area contributed by atoms with Crippen molar-refractivity contribution in [2.45, 2.75) is 13.0 Å². The van der Waals surface area contributed by atoms with E-state index in [1.807, 2.05) is 0 Å². The van der Waals surface area contributed by atoms with Crippen LogP contribution in [0, 0.1) is 0 Å². The Morgan fingerprint density at radius 1 is 1.50 bits per heavy atom. The van der Waals surface area contributed by atoms with Gasteiger partial charge >= 0.3 is 5.97 Å². The Bertz CT molecular complexity index is 451. The van der Waals surface area contributed by atoms with Crippen molar-refractivity contribution in [3.8, 4) is 0 Å². The lowest BCUT2D eigenvalue weighted by Gasteiger charge is -2.07. The molecule has 0 heterocycles. The molecule has 1 rings (SSSR count). The molecule has 0 spiro atoms. The molecule has 0 fully saturated rings. The number of carbonyl (C=O) groups is 1. The molecule has 0 saturated carbocycles. The van der Waals surface area contributed by atoms with Crippen LogP contribution >= 0.6 is 15.9 Å². The third kappa shape index (κ3) is 5.29. The number of carboxylic acid groups (broad SMARTS) is 1. The van der Waals surface area contributed by atoms with E-state index in [-0.39, 0.29) is 5.56 Å². The average molecular weight is 334 g/mol. The number of hydrogen-bond acceptors (Lipinski definition) is 3. The fraction of sp³-hybridized carbons (Fsp3) is 0.417. The van der Waals surface area contributed by atoms with Gasteiger partial charge < -0.3 is 10.4 Å². The maximum Gasteiger partial charge on any atom is 0.335 e. The minimum atomic E-state index is -0.930. The third-order valence-electron chi connectivity index (χ3n) is 2.40. The smallest absolute Gasteiger partial charge is 0.335 e. The monoisotopic (exact) mass is 333 g/mol. The van der Waals surface area contributed by atoms with Gasteiger partial charge in [-0.15, -0.1) is 0 Å². The quantitative estimate of drug-likeness (QED) is 0.749. The second kappa shape index (κ2) is 7.66. The van der Waals surface area contributed by atoms with Crippen molar-refractivity contribution in [1.82, 2.24) is 5.32 Å². The number of nitrogens with one attached hydrogen (secondary N) is 1. The number of aromatic carboxylic acids is 1.